The molecule has 0 saturated carbocycles. The highest BCUT2D eigenvalue weighted by Crippen LogP contribution is 2.27. The maximum Gasteiger partial charge on any atom is 0.355 e. The summed E-state index contributed by atoms with van der Waals surface area (Å²) in [7, 11) is 0. The van der Waals surface area contributed by atoms with E-state index in [9.17, 15) is 9.90 Å². The van der Waals surface area contributed by atoms with Crippen LogP contribution in [0.15, 0.2) is 34.7 Å². The maximum atomic E-state index is 11.2. The molecule has 0 atom stereocenters. The van der Waals surface area contributed by atoms with E-state index >= 15 is 0 Å². The Bertz CT molecular complexity index is 590. The fourth-order valence-electron chi connectivity index (χ4n) is 1.33. The van der Waals surface area contributed by atoms with Crippen LogP contribution in [0.4, 0.5) is 0 Å². The topological polar surface area (TPSA) is 88.9 Å². The normalized spacial score (nSPS) is 10.7. The van der Waals surface area contributed by atoms with Crippen LogP contribution in [0.3, 0.4) is 0 Å². The predicted molar refractivity (Wildman–Crippen MR) is 69.2 cm³/mol. The van der Waals surface area contributed by atoms with Crippen LogP contribution in [0.1, 0.15) is 36.1 Å². The zero-order valence-electron chi connectivity index (χ0n) is 10.4. The summed E-state index contributed by atoms with van der Waals surface area (Å²) in [5.74, 6) is -0.497. The van der Waals surface area contributed by atoms with Crippen molar-refractivity contribution in [3.8, 4) is 0 Å². The molecule has 0 fully saturated rings. The van der Waals surface area contributed by atoms with Gasteiger partial charge >= 0.3 is 5.97 Å². The van der Waals surface area contributed by atoms with Crippen molar-refractivity contribution in [2.45, 2.75) is 29.8 Å². The Morgan fingerprint density at radius 3 is 2.53 bits per heavy atom. The summed E-state index contributed by atoms with van der Waals surface area (Å²) in [6.07, 6.45) is 4.70. The molecule has 0 saturated heterocycles. The van der Waals surface area contributed by atoms with Gasteiger partial charge < -0.3 is 5.11 Å². The smallest absolute Gasteiger partial charge is 0.355 e. The summed E-state index contributed by atoms with van der Waals surface area (Å²) in [6, 6.07) is 1.69. The lowest BCUT2D eigenvalue weighted by atomic mass is 10.2. The Morgan fingerprint density at radius 2 is 1.95 bits per heavy atom. The molecule has 0 bridgehead atoms. The van der Waals surface area contributed by atoms with Gasteiger partial charge in [0.25, 0.3) is 0 Å². The fraction of sp³-hybridized carbons (Fsp3) is 0.250. The van der Waals surface area contributed by atoms with Gasteiger partial charge in [0.2, 0.25) is 0 Å². The molecule has 1 N–H and O–H groups in total. The van der Waals surface area contributed by atoms with Crippen LogP contribution < -0.4 is 0 Å². The van der Waals surface area contributed by atoms with Crippen molar-refractivity contribution < 1.29 is 9.90 Å². The molecule has 2 heterocycles. The second kappa shape index (κ2) is 5.75. The van der Waals surface area contributed by atoms with E-state index in [1.165, 1.54) is 6.20 Å². The zero-order chi connectivity index (χ0) is 13.8. The van der Waals surface area contributed by atoms with Crippen LogP contribution in [-0.2, 0) is 0 Å². The highest BCUT2D eigenvalue weighted by atomic mass is 32.2. The highest BCUT2D eigenvalue weighted by molar-refractivity contribution is 7.99. The molecule has 0 radical (unpaired) electrons. The minimum atomic E-state index is -1.08. The number of carboxylic acid groups (broad SMARTS) is 1. The monoisotopic (exact) mass is 276 g/mol. The average molecular weight is 276 g/mol. The molecule has 98 valence electrons. The van der Waals surface area contributed by atoms with E-state index in [1.54, 1.807) is 18.5 Å². The second-order valence-corrected chi connectivity index (χ2v) is 5.04. The molecule has 6 nitrogen and oxygen atoms in total. The molecule has 19 heavy (non-hydrogen) atoms. The number of aromatic nitrogens is 4. The van der Waals surface area contributed by atoms with Crippen LogP contribution in [0, 0.1) is 0 Å². The lowest BCUT2D eigenvalue weighted by Gasteiger charge is -2.07. The summed E-state index contributed by atoms with van der Waals surface area (Å²) < 4.78 is 0. The van der Waals surface area contributed by atoms with Crippen molar-refractivity contribution >= 4 is 17.7 Å². The number of rotatable bonds is 4. The zero-order valence-corrected chi connectivity index (χ0v) is 11.3. The average Bonchev–Trinajstić information content (AvgIpc) is 2.39. The van der Waals surface area contributed by atoms with Gasteiger partial charge in [0.05, 0.1) is 4.90 Å². The molecule has 0 aliphatic rings. The van der Waals surface area contributed by atoms with Gasteiger partial charge in [0, 0.05) is 24.5 Å². The molecule has 0 aliphatic carbocycles. The van der Waals surface area contributed by atoms with Crippen LogP contribution in [0.2, 0.25) is 0 Å². The van der Waals surface area contributed by atoms with E-state index in [0.717, 1.165) is 11.8 Å². The van der Waals surface area contributed by atoms with E-state index in [2.05, 4.69) is 19.9 Å². The lowest BCUT2D eigenvalue weighted by molar-refractivity contribution is 0.0685. The number of carbonyl (C=O) groups is 1. The first-order chi connectivity index (χ1) is 9.08. The highest BCUT2D eigenvalue weighted by Gasteiger charge is 2.17. The molecule has 2 rings (SSSR count). The van der Waals surface area contributed by atoms with Gasteiger partial charge in [-0.25, -0.2) is 24.7 Å². The van der Waals surface area contributed by atoms with Crippen LogP contribution in [0.5, 0.6) is 0 Å². The van der Waals surface area contributed by atoms with Gasteiger partial charge in [-0.2, -0.15) is 0 Å². The quantitative estimate of drug-likeness (QED) is 0.856. The third kappa shape index (κ3) is 3.25. The number of aromatic carboxylic acids is 1. The van der Waals surface area contributed by atoms with Gasteiger partial charge in [-0.1, -0.05) is 13.8 Å². The molecule has 0 unspecified atom stereocenters. The Labute approximate surface area is 114 Å². The molecular formula is C12H12N4O2S. The predicted octanol–water partition coefficient (Wildman–Crippen LogP) is 2.24. The second-order valence-electron chi connectivity index (χ2n) is 4.03. The maximum absolute atomic E-state index is 11.2. The van der Waals surface area contributed by atoms with Crippen LogP contribution in [0.25, 0.3) is 0 Å². The van der Waals surface area contributed by atoms with Crippen LogP contribution in [-0.4, -0.2) is 31.0 Å². The van der Waals surface area contributed by atoms with Crippen molar-refractivity contribution in [1.29, 1.82) is 0 Å². The van der Waals surface area contributed by atoms with E-state index in [4.69, 9.17) is 0 Å². The largest absolute Gasteiger partial charge is 0.476 e. The molecule has 7 heteroatoms. The summed E-state index contributed by atoms with van der Waals surface area (Å²) in [5.41, 5.74) is -0.0175. The van der Waals surface area contributed by atoms with Crippen molar-refractivity contribution in [2.24, 2.45) is 0 Å². The number of hydrogen-bond acceptors (Lipinski definition) is 6. The van der Waals surface area contributed by atoms with Gasteiger partial charge in [0.15, 0.2) is 10.9 Å². The van der Waals surface area contributed by atoms with E-state index in [0.29, 0.717) is 15.9 Å². The van der Waals surface area contributed by atoms with Crippen LogP contribution >= 0.6 is 11.8 Å². The Kier molecular flexibility index (Phi) is 4.06. The summed E-state index contributed by atoms with van der Waals surface area (Å²) >= 11 is 1.13. The molecular weight excluding hydrogens is 264 g/mol. The molecule has 0 aliphatic heterocycles. The number of carboxylic acids is 1. The van der Waals surface area contributed by atoms with Gasteiger partial charge in [0.1, 0.15) is 5.82 Å². The number of hydrogen-bond donors (Lipinski definition) is 1. The molecule has 0 amide bonds. The van der Waals surface area contributed by atoms with Crippen molar-refractivity contribution in [3.05, 3.63) is 36.2 Å². The summed E-state index contributed by atoms with van der Waals surface area (Å²) in [5, 5.41) is 9.67. The minimum Gasteiger partial charge on any atom is -0.476 e. The molecule has 0 aromatic carbocycles. The molecule has 0 spiro atoms. The van der Waals surface area contributed by atoms with Gasteiger partial charge in [-0.3, -0.25) is 0 Å². The first kappa shape index (κ1) is 13.4. The molecule has 2 aromatic rings. The standard InChI is InChI=1S/C12H12N4O2S/c1-7(2)10-15-6-8(9(16-10)11(17)18)19-12-13-4-3-5-14-12/h3-7H,1-2H3,(H,17,18). The van der Waals surface area contributed by atoms with Gasteiger partial charge in [-0.05, 0) is 17.8 Å². The lowest BCUT2D eigenvalue weighted by Crippen LogP contribution is -2.08. The van der Waals surface area contributed by atoms with E-state index < -0.39 is 5.97 Å². The summed E-state index contributed by atoms with van der Waals surface area (Å²) in [4.78, 5) is 28.0. The third-order valence-electron chi connectivity index (χ3n) is 2.24. The molecule has 2 aromatic heterocycles. The Balaban J connectivity index is 2.37. The minimum absolute atomic E-state index is 0.0175. The first-order valence-electron chi connectivity index (χ1n) is 5.63. The van der Waals surface area contributed by atoms with Crippen molar-refractivity contribution in [1.82, 2.24) is 19.9 Å². The van der Waals surface area contributed by atoms with E-state index in [1.807, 2.05) is 13.8 Å². The first-order valence-corrected chi connectivity index (χ1v) is 6.44. The fourth-order valence-corrected chi connectivity index (χ4v) is 2.09. The SMILES string of the molecule is CC(C)c1ncc(Sc2ncccn2)c(C(=O)O)n1. The number of nitrogens with zero attached hydrogens (tertiary/aromatic N) is 4. The van der Waals surface area contributed by atoms with Crippen molar-refractivity contribution in [2.75, 3.05) is 0 Å². The van der Waals surface area contributed by atoms with Gasteiger partial charge in [-0.15, -0.1) is 0 Å². The summed E-state index contributed by atoms with van der Waals surface area (Å²) in [6.45, 7) is 3.82. The Hall–Kier alpha value is -2.02. The van der Waals surface area contributed by atoms with E-state index in [-0.39, 0.29) is 11.6 Å². The van der Waals surface area contributed by atoms with Crippen molar-refractivity contribution in [3.63, 3.8) is 0 Å². The Morgan fingerprint density at radius 1 is 1.26 bits per heavy atom. The third-order valence-corrected chi connectivity index (χ3v) is 3.15.